The summed E-state index contributed by atoms with van der Waals surface area (Å²) < 4.78 is 5.07. The molecule has 78 valence electrons. The lowest BCUT2D eigenvalue weighted by atomic mass is 10.1. The third-order valence-corrected chi connectivity index (χ3v) is 1.97. The lowest BCUT2D eigenvalue weighted by Crippen LogP contribution is -2.08. The lowest BCUT2D eigenvalue weighted by Gasteiger charge is -2.02. The molecule has 0 aliphatic carbocycles. The predicted octanol–water partition coefficient (Wildman–Crippen LogP) is 1.18. The first-order valence-electron chi connectivity index (χ1n) is 4.77. The van der Waals surface area contributed by atoms with Crippen LogP contribution < -0.4 is 5.63 Å². The molecule has 15 heavy (non-hydrogen) atoms. The van der Waals surface area contributed by atoms with Crippen LogP contribution in [0.4, 0.5) is 0 Å². The summed E-state index contributed by atoms with van der Waals surface area (Å²) in [7, 11) is 0. The maximum absolute atomic E-state index is 11.5. The highest BCUT2D eigenvalue weighted by Gasteiger charge is 2.07. The maximum atomic E-state index is 11.5. The molecule has 0 aromatic carbocycles. The standard InChI is InChI=1S/C10H11N3O2/c1-6(2)3-9-13-8-5-12-11-4-7(8)10(14)15-9/h4-6H,3H2,1-2H3. The second-order valence-corrected chi connectivity index (χ2v) is 3.78. The van der Waals surface area contributed by atoms with Crippen molar-refractivity contribution in [3.8, 4) is 0 Å². The molecule has 0 aliphatic heterocycles. The molecule has 2 heterocycles. The van der Waals surface area contributed by atoms with E-state index in [0.29, 0.717) is 29.1 Å². The van der Waals surface area contributed by atoms with E-state index in [-0.39, 0.29) is 0 Å². The topological polar surface area (TPSA) is 68.9 Å². The zero-order valence-electron chi connectivity index (χ0n) is 8.60. The molecule has 5 heteroatoms. The Kier molecular flexibility index (Phi) is 2.45. The van der Waals surface area contributed by atoms with E-state index in [1.54, 1.807) is 0 Å². The number of fused-ring (bicyclic) bond motifs is 1. The van der Waals surface area contributed by atoms with Crippen LogP contribution in [0.2, 0.25) is 0 Å². The van der Waals surface area contributed by atoms with Gasteiger partial charge in [-0.05, 0) is 5.92 Å². The van der Waals surface area contributed by atoms with Crippen LogP contribution in [0, 0.1) is 5.92 Å². The number of nitrogens with zero attached hydrogens (tertiary/aromatic N) is 3. The number of hydrogen-bond acceptors (Lipinski definition) is 5. The summed E-state index contributed by atoms with van der Waals surface area (Å²) in [6.45, 7) is 4.08. The molecule has 0 unspecified atom stereocenters. The van der Waals surface area contributed by atoms with E-state index in [9.17, 15) is 4.79 Å². The number of rotatable bonds is 2. The van der Waals surface area contributed by atoms with E-state index >= 15 is 0 Å². The third kappa shape index (κ3) is 2.01. The lowest BCUT2D eigenvalue weighted by molar-refractivity contribution is 0.417. The van der Waals surface area contributed by atoms with Gasteiger partial charge in [-0.1, -0.05) is 13.8 Å². The molecule has 0 N–H and O–H groups in total. The molecule has 0 bridgehead atoms. The quantitative estimate of drug-likeness (QED) is 0.736. The van der Waals surface area contributed by atoms with E-state index in [0.717, 1.165) is 0 Å². The van der Waals surface area contributed by atoms with Gasteiger partial charge in [-0.2, -0.15) is 10.2 Å². The normalized spacial score (nSPS) is 11.1. The van der Waals surface area contributed by atoms with Crippen LogP contribution in [-0.2, 0) is 6.42 Å². The number of aromatic nitrogens is 3. The molecule has 0 amide bonds. The van der Waals surface area contributed by atoms with Gasteiger partial charge in [0.15, 0.2) is 5.89 Å². The highest BCUT2D eigenvalue weighted by atomic mass is 16.4. The molecule has 0 radical (unpaired) electrons. The van der Waals surface area contributed by atoms with Crippen LogP contribution in [0.25, 0.3) is 10.9 Å². The van der Waals surface area contributed by atoms with E-state index in [4.69, 9.17) is 4.42 Å². The zero-order chi connectivity index (χ0) is 10.8. The fourth-order valence-corrected chi connectivity index (χ4v) is 1.32. The van der Waals surface area contributed by atoms with Crippen molar-refractivity contribution in [2.24, 2.45) is 5.92 Å². The summed E-state index contributed by atoms with van der Waals surface area (Å²) in [5.74, 6) is 0.850. The summed E-state index contributed by atoms with van der Waals surface area (Å²) in [5, 5.41) is 7.67. The van der Waals surface area contributed by atoms with Gasteiger partial charge in [0, 0.05) is 6.42 Å². The molecular weight excluding hydrogens is 194 g/mol. The predicted molar refractivity (Wildman–Crippen MR) is 54.4 cm³/mol. The Morgan fingerprint density at radius 2 is 2.07 bits per heavy atom. The van der Waals surface area contributed by atoms with Crippen molar-refractivity contribution in [2.75, 3.05) is 0 Å². The first kappa shape index (κ1) is 9.76. The summed E-state index contributed by atoms with van der Waals surface area (Å²) >= 11 is 0. The van der Waals surface area contributed by atoms with Crippen LogP contribution >= 0.6 is 0 Å². The van der Waals surface area contributed by atoms with Crippen LogP contribution in [0.15, 0.2) is 21.6 Å². The third-order valence-electron chi connectivity index (χ3n) is 1.97. The van der Waals surface area contributed by atoms with Gasteiger partial charge in [-0.25, -0.2) is 9.78 Å². The van der Waals surface area contributed by atoms with E-state index < -0.39 is 5.63 Å². The summed E-state index contributed by atoms with van der Waals surface area (Å²) in [6, 6.07) is 0. The average molecular weight is 205 g/mol. The summed E-state index contributed by atoms with van der Waals surface area (Å²) in [5.41, 5.74) is 0.141. The van der Waals surface area contributed by atoms with Gasteiger partial charge in [0.1, 0.15) is 10.9 Å². The first-order chi connectivity index (χ1) is 7.16. The molecule has 0 saturated heterocycles. The minimum absolute atomic E-state index is 0.373. The van der Waals surface area contributed by atoms with Crippen molar-refractivity contribution in [1.82, 2.24) is 15.2 Å². The van der Waals surface area contributed by atoms with Crippen molar-refractivity contribution in [3.05, 3.63) is 28.7 Å². The van der Waals surface area contributed by atoms with Crippen LogP contribution in [0.5, 0.6) is 0 Å². The van der Waals surface area contributed by atoms with Gasteiger partial charge in [0.05, 0.1) is 12.4 Å². The Bertz CT molecular complexity index is 533. The number of hydrogen-bond donors (Lipinski definition) is 0. The monoisotopic (exact) mass is 205 g/mol. The molecule has 0 aliphatic rings. The molecule has 0 atom stereocenters. The van der Waals surface area contributed by atoms with Gasteiger partial charge in [-0.15, -0.1) is 0 Å². The second-order valence-electron chi connectivity index (χ2n) is 3.78. The summed E-state index contributed by atoms with van der Waals surface area (Å²) in [4.78, 5) is 15.7. The zero-order valence-corrected chi connectivity index (χ0v) is 8.60. The van der Waals surface area contributed by atoms with Crippen LogP contribution in [0.3, 0.4) is 0 Å². The van der Waals surface area contributed by atoms with E-state index in [2.05, 4.69) is 15.2 Å². The molecule has 2 aromatic heterocycles. The van der Waals surface area contributed by atoms with Crippen molar-refractivity contribution < 1.29 is 4.42 Å². The molecule has 0 fully saturated rings. The SMILES string of the molecule is CC(C)Cc1nc2cnncc2c(=O)o1. The Labute approximate surface area is 86.2 Å². The van der Waals surface area contributed by atoms with Crippen LogP contribution in [-0.4, -0.2) is 15.2 Å². The smallest absolute Gasteiger partial charge is 0.348 e. The van der Waals surface area contributed by atoms with Crippen molar-refractivity contribution in [3.63, 3.8) is 0 Å². The van der Waals surface area contributed by atoms with Crippen LogP contribution in [0.1, 0.15) is 19.7 Å². The first-order valence-corrected chi connectivity index (χ1v) is 4.77. The molecule has 0 saturated carbocycles. The molecule has 0 spiro atoms. The minimum atomic E-state index is -0.398. The van der Waals surface area contributed by atoms with Gasteiger partial charge in [0.2, 0.25) is 0 Å². The Morgan fingerprint density at radius 1 is 1.33 bits per heavy atom. The van der Waals surface area contributed by atoms with Gasteiger partial charge in [-0.3, -0.25) is 0 Å². The molecule has 5 nitrogen and oxygen atoms in total. The van der Waals surface area contributed by atoms with E-state index in [1.807, 2.05) is 13.8 Å². The van der Waals surface area contributed by atoms with Crippen molar-refractivity contribution >= 4 is 10.9 Å². The van der Waals surface area contributed by atoms with E-state index in [1.165, 1.54) is 12.4 Å². The maximum Gasteiger partial charge on any atom is 0.348 e. The minimum Gasteiger partial charge on any atom is -0.408 e. The van der Waals surface area contributed by atoms with Gasteiger partial charge < -0.3 is 4.42 Å². The Hall–Kier alpha value is -1.78. The summed E-state index contributed by atoms with van der Waals surface area (Å²) in [6.07, 6.45) is 3.48. The molecule has 2 rings (SSSR count). The molecular formula is C10H11N3O2. The second kappa shape index (κ2) is 3.76. The van der Waals surface area contributed by atoms with Gasteiger partial charge in [0.25, 0.3) is 0 Å². The highest BCUT2D eigenvalue weighted by molar-refractivity contribution is 5.74. The van der Waals surface area contributed by atoms with Crippen molar-refractivity contribution in [1.29, 1.82) is 0 Å². The fraction of sp³-hybridized carbons (Fsp3) is 0.400. The largest absolute Gasteiger partial charge is 0.408 e. The van der Waals surface area contributed by atoms with Crippen molar-refractivity contribution in [2.45, 2.75) is 20.3 Å². The average Bonchev–Trinajstić information content (AvgIpc) is 2.16. The Morgan fingerprint density at radius 3 is 2.80 bits per heavy atom. The highest BCUT2D eigenvalue weighted by Crippen LogP contribution is 2.08. The molecule has 2 aromatic rings. The Balaban J connectivity index is 2.57. The fourth-order valence-electron chi connectivity index (χ4n) is 1.32. The van der Waals surface area contributed by atoms with Gasteiger partial charge >= 0.3 is 5.63 Å².